The van der Waals surface area contributed by atoms with Gasteiger partial charge in [0.25, 0.3) is 0 Å². The van der Waals surface area contributed by atoms with E-state index in [1.807, 2.05) is 47.6 Å². The quantitative estimate of drug-likeness (QED) is 0.747. The Balaban J connectivity index is 0.00000324. The molecule has 1 aromatic rings. The Kier molecular flexibility index (Phi) is 5.52. The number of benzene rings is 1. The van der Waals surface area contributed by atoms with Crippen molar-refractivity contribution >= 4 is 29.9 Å². The average molecular weight is 369 g/mol. The van der Waals surface area contributed by atoms with Gasteiger partial charge in [0.2, 0.25) is 0 Å². The molecular weight excluding hydrogens is 347 g/mol. The smallest absolute Gasteiger partial charge is 0.339 e. The first kappa shape index (κ1) is 18.3. The minimum atomic E-state index is -1.09. The molecule has 0 aliphatic carbocycles. The molecule has 0 atom stereocenters. The zero-order valence-electron chi connectivity index (χ0n) is 12.5. The van der Waals surface area contributed by atoms with Crippen molar-refractivity contribution < 1.29 is 15.0 Å². The van der Waals surface area contributed by atoms with Crippen molar-refractivity contribution in [3.8, 4) is 5.75 Å². The van der Waals surface area contributed by atoms with Crippen LogP contribution < -0.4 is 0 Å². The largest absolute Gasteiger partial charge is 0.507 e. The van der Waals surface area contributed by atoms with Crippen LogP contribution in [-0.2, 0) is 10.8 Å². The Morgan fingerprint density at radius 3 is 1.79 bits per heavy atom. The number of hydrogen-bond donors (Lipinski definition) is 2. The van der Waals surface area contributed by atoms with E-state index in [1.54, 1.807) is 6.07 Å². The summed E-state index contributed by atoms with van der Waals surface area (Å²) in [5.74, 6) is -1.22. The minimum Gasteiger partial charge on any atom is -0.507 e. The van der Waals surface area contributed by atoms with Gasteiger partial charge in [-0.3, -0.25) is 0 Å². The molecule has 19 heavy (non-hydrogen) atoms. The first-order valence-electron chi connectivity index (χ1n) is 6.06. The number of aromatic hydroxyl groups is 1. The molecule has 0 aromatic heterocycles. The normalized spacial score (nSPS) is 11.9. The van der Waals surface area contributed by atoms with Crippen LogP contribution in [0.5, 0.6) is 5.75 Å². The molecule has 4 heteroatoms. The maximum atomic E-state index is 11.2. The van der Waals surface area contributed by atoms with Gasteiger partial charge in [0.15, 0.2) is 0 Å². The summed E-state index contributed by atoms with van der Waals surface area (Å²) in [4.78, 5) is 11.2. The number of phenols is 1. The Labute approximate surface area is 132 Å². The van der Waals surface area contributed by atoms with E-state index < -0.39 is 5.97 Å². The zero-order valence-corrected chi connectivity index (χ0v) is 15.3. The Bertz CT molecular complexity index is 479. The van der Waals surface area contributed by atoms with E-state index in [-0.39, 0.29) is 46.1 Å². The van der Waals surface area contributed by atoms with Gasteiger partial charge in [0, 0.05) is 29.5 Å². The summed E-state index contributed by atoms with van der Waals surface area (Å²) in [6.07, 6.45) is 0. The van der Waals surface area contributed by atoms with Gasteiger partial charge >= 0.3 is 5.97 Å². The van der Waals surface area contributed by atoms with Crippen molar-refractivity contribution in [2.75, 3.05) is 0 Å². The molecule has 0 unspecified atom stereocenters. The van der Waals surface area contributed by atoms with Crippen molar-refractivity contribution in [3.05, 3.63) is 28.8 Å². The third kappa shape index (κ3) is 4.13. The van der Waals surface area contributed by atoms with E-state index in [0.717, 1.165) is 5.56 Å². The van der Waals surface area contributed by atoms with Gasteiger partial charge in [-0.25, -0.2) is 4.79 Å². The number of rotatable bonds is 1. The molecule has 0 saturated carbocycles. The molecular formula is C15H22O3Sn. The topological polar surface area (TPSA) is 57.5 Å². The van der Waals surface area contributed by atoms with Gasteiger partial charge in [-0.15, -0.1) is 0 Å². The van der Waals surface area contributed by atoms with Crippen LogP contribution in [-0.4, -0.2) is 40.1 Å². The monoisotopic (exact) mass is 370 g/mol. The van der Waals surface area contributed by atoms with E-state index in [0.29, 0.717) is 5.56 Å². The number of aromatic carboxylic acids is 1. The van der Waals surface area contributed by atoms with Crippen LogP contribution in [0.15, 0.2) is 12.1 Å². The molecule has 0 heterocycles. The van der Waals surface area contributed by atoms with Gasteiger partial charge in [-0.2, -0.15) is 0 Å². The van der Waals surface area contributed by atoms with Crippen LogP contribution in [0.4, 0.5) is 0 Å². The standard InChI is InChI=1S/C15H22O3.Sn/c1-14(2,3)9-7-10(13(17)18)12(16)11(8-9)15(4,5)6;/h7-8,16H,1-6H3,(H,17,18);. The van der Waals surface area contributed by atoms with Gasteiger partial charge in [-0.1, -0.05) is 47.6 Å². The maximum Gasteiger partial charge on any atom is 0.339 e. The zero-order chi connectivity index (χ0) is 14.3. The molecule has 104 valence electrons. The second-order valence-electron chi connectivity index (χ2n) is 6.73. The molecule has 0 aliphatic rings. The summed E-state index contributed by atoms with van der Waals surface area (Å²) in [7, 11) is 0. The van der Waals surface area contributed by atoms with E-state index >= 15 is 0 Å². The van der Waals surface area contributed by atoms with Crippen LogP contribution in [0.2, 0.25) is 0 Å². The second kappa shape index (κ2) is 5.73. The third-order valence-corrected chi connectivity index (χ3v) is 3.01. The molecule has 0 fully saturated rings. The number of hydrogen-bond acceptors (Lipinski definition) is 2. The van der Waals surface area contributed by atoms with E-state index in [9.17, 15) is 15.0 Å². The van der Waals surface area contributed by atoms with E-state index in [2.05, 4.69) is 0 Å². The second-order valence-corrected chi connectivity index (χ2v) is 6.73. The Hall–Kier alpha value is -0.711. The summed E-state index contributed by atoms with van der Waals surface area (Å²) in [5.41, 5.74) is 1.12. The average Bonchev–Trinajstić information content (AvgIpc) is 2.13. The molecule has 2 N–H and O–H groups in total. The van der Waals surface area contributed by atoms with Crippen LogP contribution in [0.25, 0.3) is 0 Å². The predicted octanol–water partition coefficient (Wildman–Crippen LogP) is 3.30. The van der Waals surface area contributed by atoms with Crippen LogP contribution in [0.1, 0.15) is 63.0 Å². The Morgan fingerprint density at radius 2 is 1.47 bits per heavy atom. The number of carbonyl (C=O) groups is 1. The van der Waals surface area contributed by atoms with Gasteiger partial charge in [0.05, 0.1) is 0 Å². The van der Waals surface area contributed by atoms with E-state index in [4.69, 9.17) is 0 Å². The number of carboxylic acid groups (broad SMARTS) is 1. The minimum absolute atomic E-state index is 0. The first-order chi connectivity index (χ1) is 7.94. The maximum absolute atomic E-state index is 11.2. The van der Waals surface area contributed by atoms with Gasteiger partial charge in [-0.05, 0) is 22.5 Å². The van der Waals surface area contributed by atoms with Gasteiger partial charge < -0.3 is 10.2 Å². The summed E-state index contributed by atoms with van der Waals surface area (Å²) in [5, 5.41) is 19.3. The summed E-state index contributed by atoms with van der Waals surface area (Å²) in [6, 6.07) is 3.47. The molecule has 1 aromatic carbocycles. The fourth-order valence-electron chi connectivity index (χ4n) is 1.80. The van der Waals surface area contributed by atoms with Crippen molar-refractivity contribution in [2.24, 2.45) is 0 Å². The Morgan fingerprint density at radius 1 is 1.00 bits per heavy atom. The van der Waals surface area contributed by atoms with Crippen LogP contribution in [0, 0.1) is 0 Å². The summed E-state index contributed by atoms with van der Waals surface area (Å²) < 4.78 is 0. The molecule has 0 aliphatic heterocycles. The molecule has 0 spiro atoms. The molecule has 0 saturated heterocycles. The van der Waals surface area contributed by atoms with Crippen molar-refractivity contribution in [1.82, 2.24) is 0 Å². The van der Waals surface area contributed by atoms with Crippen LogP contribution >= 0.6 is 0 Å². The van der Waals surface area contributed by atoms with Crippen LogP contribution in [0.3, 0.4) is 0 Å². The summed E-state index contributed by atoms with van der Waals surface area (Å²) >= 11 is 0. The molecule has 0 amide bonds. The molecule has 1 rings (SSSR count). The SMILES string of the molecule is CC(C)(C)c1cc(C(=O)O)c(O)c(C(C)(C)C)c1.[Sn]. The van der Waals surface area contributed by atoms with Gasteiger partial charge in [0.1, 0.15) is 11.3 Å². The first-order valence-corrected chi connectivity index (χ1v) is 6.06. The fraction of sp³-hybridized carbons (Fsp3) is 0.533. The van der Waals surface area contributed by atoms with E-state index in [1.165, 1.54) is 0 Å². The number of carboxylic acids is 1. The van der Waals surface area contributed by atoms with Crippen molar-refractivity contribution in [3.63, 3.8) is 0 Å². The van der Waals surface area contributed by atoms with Crippen molar-refractivity contribution in [2.45, 2.75) is 52.4 Å². The summed E-state index contributed by atoms with van der Waals surface area (Å²) in [6.45, 7) is 12.0. The molecule has 3 nitrogen and oxygen atoms in total. The van der Waals surface area contributed by atoms with Crippen molar-refractivity contribution in [1.29, 1.82) is 0 Å². The fourth-order valence-corrected chi connectivity index (χ4v) is 1.80. The predicted molar refractivity (Wildman–Crippen MR) is 78.2 cm³/mol. The molecule has 0 bridgehead atoms. The molecule has 4 radical (unpaired) electrons. The third-order valence-electron chi connectivity index (χ3n) is 3.01.